The zero-order chi connectivity index (χ0) is 19.3. The van der Waals surface area contributed by atoms with Gasteiger partial charge in [0.2, 0.25) is 0 Å². The lowest BCUT2D eigenvalue weighted by molar-refractivity contribution is -0.128. The van der Waals surface area contributed by atoms with Crippen LogP contribution in [0.5, 0.6) is 0 Å². The first kappa shape index (κ1) is 21.0. The SMILES string of the molecule is CCCCC[C@H](O)/C=C/[C@@H]1[C@H]2C/C(=C(/OC)C(=O)N(C)C)C[C@H]2C[C@H]1O. The summed E-state index contributed by atoms with van der Waals surface area (Å²) in [6, 6.07) is 0. The van der Waals surface area contributed by atoms with E-state index in [1.807, 2.05) is 12.2 Å². The van der Waals surface area contributed by atoms with Crippen molar-refractivity contribution in [1.82, 2.24) is 4.90 Å². The van der Waals surface area contributed by atoms with Crippen molar-refractivity contribution >= 4 is 5.91 Å². The van der Waals surface area contributed by atoms with E-state index in [9.17, 15) is 15.0 Å². The van der Waals surface area contributed by atoms with E-state index in [0.29, 0.717) is 17.6 Å². The first-order chi connectivity index (χ1) is 12.4. The zero-order valence-electron chi connectivity index (χ0n) is 16.6. The van der Waals surface area contributed by atoms with E-state index in [1.54, 1.807) is 26.1 Å². The Hall–Kier alpha value is -1.33. The molecule has 0 aromatic rings. The number of rotatable bonds is 8. The molecule has 5 atom stereocenters. The van der Waals surface area contributed by atoms with E-state index in [-0.39, 0.29) is 17.9 Å². The molecule has 2 N–H and O–H groups in total. The van der Waals surface area contributed by atoms with Crippen LogP contribution in [0, 0.1) is 17.8 Å². The number of ether oxygens (including phenoxy) is 1. The summed E-state index contributed by atoms with van der Waals surface area (Å²) in [6.07, 6.45) is 9.50. The van der Waals surface area contributed by atoms with Crippen LogP contribution in [-0.2, 0) is 9.53 Å². The first-order valence-corrected chi connectivity index (χ1v) is 9.91. The van der Waals surface area contributed by atoms with Gasteiger partial charge in [-0.05, 0) is 43.1 Å². The van der Waals surface area contributed by atoms with Crippen molar-refractivity contribution in [3.05, 3.63) is 23.5 Å². The van der Waals surface area contributed by atoms with Crippen LogP contribution in [0.4, 0.5) is 0 Å². The van der Waals surface area contributed by atoms with Crippen LogP contribution in [0.25, 0.3) is 0 Å². The number of carbonyl (C=O) groups is 1. The number of likely N-dealkylation sites (N-methyl/N-ethyl adjacent to an activating group) is 1. The highest BCUT2D eigenvalue weighted by Crippen LogP contribution is 2.51. The normalized spacial score (nSPS) is 31.2. The van der Waals surface area contributed by atoms with E-state index in [0.717, 1.165) is 50.5 Å². The summed E-state index contributed by atoms with van der Waals surface area (Å²) in [5, 5.41) is 20.6. The fraction of sp³-hybridized carbons (Fsp3) is 0.762. The third kappa shape index (κ3) is 4.89. The summed E-state index contributed by atoms with van der Waals surface area (Å²) in [6.45, 7) is 2.15. The molecule has 0 aromatic carbocycles. The Morgan fingerprint density at radius 3 is 2.69 bits per heavy atom. The Labute approximate surface area is 157 Å². The van der Waals surface area contributed by atoms with Crippen LogP contribution in [0.1, 0.15) is 51.9 Å². The lowest BCUT2D eigenvalue weighted by Crippen LogP contribution is -2.25. The predicted molar refractivity (Wildman–Crippen MR) is 102 cm³/mol. The van der Waals surface area contributed by atoms with Gasteiger partial charge >= 0.3 is 0 Å². The maximum atomic E-state index is 12.3. The molecule has 5 heteroatoms. The van der Waals surface area contributed by atoms with E-state index in [2.05, 4.69) is 6.92 Å². The van der Waals surface area contributed by atoms with E-state index in [1.165, 1.54) is 0 Å². The third-order valence-corrected chi connectivity index (χ3v) is 5.86. The maximum absolute atomic E-state index is 12.3. The lowest BCUT2D eigenvalue weighted by Gasteiger charge is -2.19. The molecule has 0 aromatic heterocycles. The minimum absolute atomic E-state index is 0.0471. The minimum atomic E-state index is -0.436. The number of carbonyl (C=O) groups excluding carboxylic acids is 1. The van der Waals surface area contributed by atoms with Crippen LogP contribution < -0.4 is 0 Å². The minimum Gasteiger partial charge on any atom is -0.491 e. The predicted octanol–water partition coefficient (Wildman–Crippen LogP) is 2.88. The molecule has 0 unspecified atom stereocenters. The van der Waals surface area contributed by atoms with Crippen molar-refractivity contribution in [3.8, 4) is 0 Å². The van der Waals surface area contributed by atoms with Gasteiger partial charge < -0.3 is 19.8 Å². The fourth-order valence-corrected chi connectivity index (χ4v) is 4.46. The highest BCUT2D eigenvalue weighted by Gasteiger charge is 2.46. The summed E-state index contributed by atoms with van der Waals surface area (Å²) in [7, 11) is 5.01. The molecule has 5 nitrogen and oxygen atoms in total. The molecule has 0 aliphatic heterocycles. The molecule has 0 radical (unpaired) electrons. The van der Waals surface area contributed by atoms with Gasteiger partial charge in [-0.25, -0.2) is 0 Å². The Kier molecular flexibility index (Phi) is 7.71. The molecule has 26 heavy (non-hydrogen) atoms. The molecule has 2 aliphatic carbocycles. The Bertz CT molecular complexity index is 540. The topological polar surface area (TPSA) is 70.0 Å². The molecule has 2 rings (SSSR count). The van der Waals surface area contributed by atoms with Crippen molar-refractivity contribution in [3.63, 3.8) is 0 Å². The van der Waals surface area contributed by atoms with Gasteiger partial charge in [-0.1, -0.05) is 38.3 Å². The summed E-state index contributed by atoms with van der Waals surface area (Å²) in [5.41, 5.74) is 1.06. The number of aliphatic hydroxyl groups is 2. The van der Waals surface area contributed by atoms with Gasteiger partial charge in [0.25, 0.3) is 5.91 Å². The van der Waals surface area contributed by atoms with Gasteiger partial charge in [0.05, 0.1) is 19.3 Å². The van der Waals surface area contributed by atoms with Crippen molar-refractivity contribution in [2.75, 3.05) is 21.2 Å². The van der Waals surface area contributed by atoms with E-state index < -0.39 is 6.10 Å². The standard InChI is InChI=1S/C21H35NO4/c1-5-6-7-8-16(23)9-10-17-18-12-15(11-14(18)13-19(17)24)20(26-4)21(25)22(2)3/h9-10,14,16-19,23-24H,5-8,11-13H2,1-4H3/b10-9+,20-15+/t14-,16-,17+,18-,19+/m0/s1. The van der Waals surface area contributed by atoms with Crippen LogP contribution in [0.3, 0.4) is 0 Å². The highest BCUT2D eigenvalue weighted by atomic mass is 16.5. The van der Waals surface area contributed by atoms with Gasteiger partial charge in [0.15, 0.2) is 5.76 Å². The summed E-state index contributed by atoms with van der Waals surface area (Å²) in [4.78, 5) is 13.9. The Balaban J connectivity index is 2.05. The van der Waals surface area contributed by atoms with E-state index >= 15 is 0 Å². The largest absolute Gasteiger partial charge is 0.491 e. The van der Waals surface area contributed by atoms with Crippen LogP contribution in [-0.4, -0.2) is 54.4 Å². The first-order valence-electron chi connectivity index (χ1n) is 9.91. The average Bonchev–Trinajstić information content (AvgIpc) is 3.11. The zero-order valence-corrected chi connectivity index (χ0v) is 16.6. The average molecular weight is 366 g/mol. The van der Waals surface area contributed by atoms with Crippen LogP contribution in [0.15, 0.2) is 23.5 Å². The monoisotopic (exact) mass is 365 g/mol. The second kappa shape index (κ2) is 9.56. The number of hydrogen-bond acceptors (Lipinski definition) is 4. The molecular formula is C21H35NO4. The van der Waals surface area contributed by atoms with Gasteiger partial charge in [-0.2, -0.15) is 0 Å². The smallest absolute Gasteiger partial charge is 0.288 e. The molecule has 1 amide bonds. The number of unbranched alkanes of at least 4 members (excludes halogenated alkanes) is 2. The molecule has 0 spiro atoms. The highest BCUT2D eigenvalue weighted by molar-refractivity contribution is 5.91. The number of amides is 1. The summed E-state index contributed by atoms with van der Waals surface area (Å²) in [5.74, 6) is 1.11. The van der Waals surface area contributed by atoms with Crippen molar-refractivity contribution in [2.24, 2.45) is 17.8 Å². The molecule has 0 saturated heterocycles. The second-order valence-corrected chi connectivity index (χ2v) is 8.00. The number of fused-ring (bicyclic) bond motifs is 1. The third-order valence-electron chi connectivity index (χ3n) is 5.86. The van der Waals surface area contributed by atoms with Crippen LogP contribution >= 0.6 is 0 Å². The summed E-state index contributed by atoms with van der Waals surface area (Å²) < 4.78 is 5.41. The Morgan fingerprint density at radius 2 is 2.08 bits per heavy atom. The quantitative estimate of drug-likeness (QED) is 0.300. The van der Waals surface area contributed by atoms with Crippen molar-refractivity contribution < 1.29 is 19.7 Å². The Morgan fingerprint density at radius 1 is 1.35 bits per heavy atom. The van der Waals surface area contributed by atoms with Crippen LogP contribution in [0.2, 0.25) is 0 Å². The van der Waals surface area contributed by atoms with Crippen molar-refractivity contribution in [2.45, 2.75) is 64.1 Å². The maximum Gasteiger partial charge on any atom is 0.288 e. The van der Waals surface area contributed by atoms with Gasteiger partial charge in [0.1, 0.15) is 0 Å². The molecule has 2 saturated carbocycles. The summed E-state index contributed by atoms with van der Waals surface area (Å²) >= 11 is 0. The number of aliphatic hydroxyl groups excluding tert-OH is 2. The molecule has 148 valence electrons. The van der Waals surface area contributed by atoms with E-state index in [4.69, 9.17) is 4.74 Å². The molecule has 0 heterocycles. The molecular weight excluding hydrogens is 330 g/mol. The number of nitrogens with zero attached hydrogens (tertiary/aromatic N) is 1. The number of methoxy groups -OCH3 is 1. The fourth-order valence-electron chi connectivity index (χ4n) is 4.46. The second-order valence-electron chi connectivity index (χ2n) is 8.00. The van der Waals surface area contributed by atoms with Crippen molar-refractivity contribution in [1.29, 1.82) is 0 Å². The number of hydrogen-bond donors (Lipinski definition) is 2. The molecule has 0 bridgehead atoms. The lowest BCUT2D eigenvalue weighted by atomic mass is 9.90. The number of allylic oxidation sites excluding steroid dienone is 1. The van der Waals surface area contributed by atoms with Gasteiger partial charge in [0, 0.05) is 20.0 Å². The molecule has 2 aliphatic rings. The van der Waals surface area contributed by atoms with Gasteiger partial charge in [-0.15, -0.1) is 0 Å². The molecule has 2 fully saturated rings. The van der Waals surface area contributed by atoms with Gasteiger partial charge in [-0.3, -0.25) is 4.79 Å².